The quantitative estimate of drug-likeness (QED) is 0.701. The number of hydrogen-bond donors (Lipinski definition) is 0. The van der Waals surface area contributed by atoms with Crippen LogP contribution in [0.3, 0.4) is 0 Å². The van der Waals surface area contributed by atoms with Crippen molar-refractivity contribution in [2.45, 2.75) is 0 Å². The summed E-state index contributed by atoms with van der Waals surface area (Å²) < 4.78 is 1.80. The van der Waals surface area contributed by atoms with Crippen molar-refractivity contribution < 1.29 is 0 Å². The third-order valence-corrected chi connectivity index (χ3v) is 2.94. The van der Waals surface area contributed by atoms with Crippen molar-refractivity contribution in [3.63, 3.8) is 0 Å². The summed E-state index contributed by atoms with van der Waals surface area (Å²) in [6, 6.07) is 17.6. The van der Waals surface area contributed by atoms with Crippen LogP contribution < -0.4 is 0 Å². The first-order valence-electron chi connectivity index (χ1n) is 5.57. The average molecular weight is 256 g/mol. The van der Waals surface area contributed by atoms with Crippen LogP contribution in [0.15, 0.2) is 60.8 Å². The molecular weight excluding hydrogens is 246 g/mol. The van der Waals surface area contributed by atoms with Gasteiger partial charge in [-0.2, -0.15) is 0 Å². The lowest BCUT2D eigenvalue weighted by molar-refractivity contribution is 0.808. The molecule has 0 aliphatic heterocycles. The molecule has 0 spiro atoms. The summed E-state index contributed by atoms with van der Waals surface area (Å²) in [5, 5.41) is 8.80. The fraction of sp³-hybridized carbons (Fsp3) is 0. The van der Waals surface area contributed by atoms with Gasteiger partial charge in [-0.1, -0.05) is 47.1 Å². The van der Waals surface area contributed by atoms with Gasteiger partial charge in [-0.3, -0.25) is 0 Å². The molecule has 1 heterocycles. The summed E-state index contributed by atoms with van der Waals surface area (Å²) in [5.74, 6) is 0. The van der Waals surface area contributed by atoms with Crippen LogP contribution in [0.5, 0.6) is 0 Å². The van der Waals surface area contributed by atoms with Crippen molar-refractivity contribution in [1.29, 1.82) is 0 Å². The average Bonchev–Trinajstić information content (AvgIpc) is 2.90. The summed E-state index contributed by atoms with van der Waals surface area (Å²) in [5.41, 5.74) is 2.98. The molecule has 3 rings (SSSR count). The molecule has 0 amide bonds. The van der Waals surface area contributed by atoms with Gasteiger partial charge in [0.05, 0.1) is 17.6 Å². The third kappa shape index (κ3) is 2.00. The standard InChI is InChI=1S/C14H10ClN3/c15-12-6-8-13(9-7-12)18-14(10-16-17-18)11-4-2-1-3-5-11/h1-10H. The molecule has 0 saturated carbocycles. The first-order chi connectivity index (χ1) is 8.84. The lowest BCUT2D eigenvalue weighted by Crippen LogP contribution is -1.98. The van der Waals surface area contributed by atoms with Gasteiger partial charge in [-0.25, -0.2) is 4.68 Å². The molecule has 3 nitrogen and oxygen atoms in total. The van der Waals surface area contributed by atoms with E-state index in [1.165, 1.54) is 0 Å². The van der Waals surface area contributed by atoms with Crippen LogP contribution in [0.25, 0.3) is 16.9 Å². The van der Waals surface area contributed by atoms with Crippen LogP contribution in [0, 0.1) is 0 Å². The van der Waals surface area contributed by atoms with Crippen LogP contribution in [-0.4, -0.2) is 15.0 Å². The molecule has 0 radical (unpaired) electrons. The van der Waals surface area contributed by atoms with Crippen molar-refractivity contribution in [2.75, 3.05) is 0 Å². The first-order valence-corrected chi connectivity index (χ1v) is 5.94. The Morgan fingerprint density at radius 2 is 1.61 bits per heavy atom. The molecule has 4 heteroatoms. The largest absolute Gasteiger partial charge is 0.213 e. The van der Waals surface area contributed by atoms with E-state index in [1.807, 2.05) is 54.6 Å². The van der Waals surface area contributed by atoms with Gasteiger partial charge in [0, 0.05) is 10.6 Å². The highest BCUT2D eigenvalue weighted by Crippen LogP contribution is 2.21. The number of halogens is 1. The second-order valence-corrected chi connectivity index (χ2v) is 4.31. The molecule has 0 bridgehead atoms. The molecule has 0 atom stereocenters. The molecule has 0 aliphatic carbocycles. The SMILES string of the molecule is Clc1ccc(-n2nncc2-c2ccccc2)cc1. The Morgan fingerprint density at radius 3 is 2.33 bits per heavy atom. The van der Waals surface area contributed by atoms with Gasteiger partial charge in [0.2, 0.25) is 0 Å². The fourth-order valence-electron chi connectivity index (χ4n) is 1.81. The van der Waals surface area contributed by atoms with Gasteiger partial charge >= 0.3 is 0 Å². The number of hydrogen-bond acceptors (Lipinski definition) is 2. The summed E-state index contributed by atoms with van der Waals surface area (Å²) in [6.07, 6.45) is 1.75. The normalized spacial score (nSPS) is 10.5. The Balaban J connectivity index is 2.10. The Kier molecular flexibility index (Phi) is 2.82. The van der Waals surface area contributed by atoms with E-state index in [0.717, 1.165) is 16.9 Å². The highest BCUT2D eigenvalue weighted by atomic mass is 35.5. The number of nitrogens with zero attached hydrogens (tertiary/aromatic N) is 3. The summed E-state index contributed by atoms with van der Waals surface area (Å²) in [7, 11) is 0. The zero-order chi connectivity index (χ0) is 12.4. The van der Waals surface area contributed by atoms with Crippen molar-refractivity contribution in [1.82, 2.24) is 15.0 Å². The fourth-order valence-corrected chi connectivity index (χ4v) is 1.94. The highest BCUT2D eigenvalue weighted by molar-refractivity contribution is 6.30. The van der Waals surface area contributed by atoms with Gasteiger partial charge in [0.25, 0.3) is 0 Å². The van der Waals surface area contributed by atoms with E-state index in [9.17, 15) is 0 Å². The van der Waals surface area contributed by atoms with Crippen molar-refractivity contribution in [2.24, 2.45) is 0 Å². The van der Waals surface area contributed by atoms with E-state index in [1.54, 1.807) is 10.9 Å². The second kappa shape index (κ2) is 4.63. The molecule has 0 fully saturated rings. The molecule has 88 valence electrons. The Bertz CT molecular complexity index is 644. The molecule has 3 aromatic rings. The maximum atomic E-state index is 5.88. The summed E-state index contributed by atoms with van der Waals surface area (Å²) >= 11 is 5.88. The Hall–Kier alpha value is -2.13. The smallest absolute Gasteiger partial charge is 0.0944 e. The molecule has 18 heavy (non-hydrogen) atoms. The number of aromatic nitrogens is 3. The summed E-state index contributed by atoms with van der Waals surface area (Å²) in [6.45, 7) is 0. The van der Waals surface area contributed by atoms with Crippen LogP contribution in [-0.2, 0) is 0 Å². The topological polar surface area (TPSA) is 30.7 Å². The predicted octanol–water partition coefficient (Wildman–Crippen LogP) is 3.59. The number of benzene rings is 2. The van der Waals surface area contributed by atoms with Gasteiger partial charge in [-0.05, 0) is 24.3 Å². The molecule has 2 aromatic carbocycles. The first kappa shape index (κ1) is 11.0. The molecule has 1 aromatic heterocycles. The molecular formula is C14H10ClN3. The predicted molar refractivity (Wildman–Crippen MR) is 71.8 cm³/mol. The molecule has 0 saturated heterocycles. The summed E-state index contributed by atoms with van der Waals surface area (Å²) in [4.78, 5) is 0. The maximum absolute atomic E-state index is 5.88. The van der Waals surface area contributed by atoms with Crippen molar-refractivity contribution >= 4 is 11.6 Å². The van der Waals surface area contributed by atoms with Crippen LogP contribution in [0.1, 0.15) is 0 Å². The van der Waals surface area contributed by atoms with E-state index in [0.29, 0.717) is 5.02 Å². The van der Waals surface area contributed by atoms with E-state index in [-0.39, 0.29) is 0 Å². The molecule has 0 aliphatic rings. The minimum Gasteiger partial charge on any atom is -0.213 e. The van der Waals surface area contributed by atoms with Gasteiger partial charge in [0.1, 0.15) is 0 Å². The van der Waals surface area contributed by atoms with E-state index < -0.39 is 0 Å². The minimum absolute atomic E-state index is 0.708. The Morgan fingerprint density at radius 1 is 0.889 bits per heavy atom. The second-order valence-electron chi connectivity index (χ2n) is 3.87. The van der Waals surface area contributed by atoms with Gasteiger partial charge in [-0.15, -0.1) is 5.10 Å². The van der Waals surface area contributed by atoms with Gasteiger partial charge < -0.3 is 0 Å². The maximum Gasteiger partial charge on any atom is 0.0944 e. The van der Waals surface area contributed by atoms with Crippen LogP contribution >= 0.6 is 11.6 Å². The lowest BCUT2D eigenvalue weighted by atomic mass is 10.1. The van der Waals surface area contributed by atoms with Crippen LogP contribution in [0.2, 0.25) is 5.02 Å². The van der Waals surface area contributed by atoms with E-state index in [4.69, 9.17) is 11.6 Å². The minimum atomic E-state index is 0.708. The third-order valence-electron chi connectivity index (χ3n) is 2.69. The van der Waals surface area contributed by atoms with E-state index >= 15 is 0 Å². The highest BCUT2D eigenvalue weighted by Gasteiger charge is 2.07. The zero-order valence-electron chi connectivity index (χ0n) is 9.49. The monoisotopic (exact) mass is 255 g/mol. The molecule has 0 unspecified atom stereocenters. The number of rotatable bonds is 2. The Labute approximate surface area is 110 Å². The molecule has 0 N–H and O–H groups in total. The zero-order valence-corrected chi connectivity index (χ0v) is 10.2. The lowest BCUT2D eigenvalue weighted by Gasteiger charge is -2.06. The van der Waals surface area contributed by atoms with Crippen molar-refractivity contribution in [3.8, 4) is 16.9 Å². The van der Waals surface area contributed by atoms with E-state index in [2.05, 4.69) is 10.3 Å². The van der Waals surface area contributed by atoms with Gasteiger partial charge in [0.15, 0.2) is 0 Å². The van der Waals surface area contributed by atoms with Crippen molar-refractivity contribution in [3.05, 3.63) is 65.8 Å². The van der Waals surface area contributed by atoms with Crippen LogP contribution in [0.4, 0.5) is 0 Å².